The van der Waals surface area contributed by atoms with Gasteiger partial charge in [-0.3, -0.25) is 4.79 Å². The maximum atomic E-state index is 12.8. The molecule has 2 aliphatic rings. The molecule has 0 unspecified atom stereocenters. The quantitative estimate of drug-likeness (QED) is 0.639. The molecular formula is C17H24F3N5O4S. The molecule has 0 aromatic carbocycles. The van der Waals surface area contributed by atoms with Crippen LogP contribution in [-0.4, -0.2) is 110 Å². The van der Waals surface area contributed by atoms with Crippen LogP contribution in [0.3, 0.4) is 0 Å². The van der Waals surface area contributed by atoms with Crippen LogP contribution in [0.25, 0.3) is 0 Å². The molecule has 2 fully saturated rings. The van der Waals surface area contributed by atoms with Crippen molar-refractivity contribution in [1.82, 2.24) is 23.4 Å². The summed E-state index contributed by atoms with van der Waals surface area (Å²) in [5.41, 5.74) is 0.199. The first kappa shape index (κ1) is 22.7. The van der Waals surface area contributed by atoms with E-state index in [-0.39, 0.29) is 43.5 Å². The minimum absolute atomic E-state index is 0.181. The first-order valence-corrected chi connectivity index (χ1v) is 10.8. The van der Waals surface area contributed by atoms with Crippen LogP contribution in [0.15, 0.2) is 18.3 Å². The van der Waals surface area contributed by atoms with Crippen LogP contribution in [0.2, 0.25) is 0 Å². The average molecular weight is 451 g/mol. The number of pyridine rings is 1. The van der Waals surface area contributed by atoms with E-state index in [2.05, 4.69) is 14.6 Å². The molecule has 0 atom stereocenters. The van der Waals surface area contributed by atoms with Crippen LogP contribution < -0.4 is 4.74 Å². The molecule has 0 aliphatic carbocycles. The van der Waals surface area contributed by atoms with Gasteiger partial charge in [-0.2, -0.15) is 30.2 Å². The SMILES string of the molecule is CN1CCN(S(=O)(=O)N2CCN(C(=O)c3ccc(OCC(F)(F)F)nc3)CC2)CC1. The highest BCUT2D eigenvalue weighted by Gasteiger charge is 2.35. The molecule has 0 radical (unpaired) electrons. The molecule has 1 aromatic heterocycles. The molecule has 0 spiro atoms. The normalized spacial score (nSPS) is 20.3. The molecule has 3 heterocycles. The van der Waals surface area contributed by atoms with E-state index in [0.717, 1.165) is 6.20 Å². The van der Waals surface area contributed by atoms with Crippen molar-refractivity contribution in [1.29, 1.82) is 0 Å². The molecule has 0 N–H and O–H groups in total. The van der Waals surface area contributed by atoms with E-state index < -0.39 is 23.0 Å². The van der Waals surface area contributed by atoms with Gasteiger partial charge in [0.25, 0.3) is 16.1 Å². The summed E-state index contributed by atoms with van der Waals surface area (Å²) in [6.45, 7) is 1.56. The number of nitrogens with zero attached hydrogens (tertiary/aromatic N) is 5. The Hall–Kier alpha value is -1.96. The summed E-state index contributed by atoms with van der Waals surface area (Å²) in [4.78, 5) is 19.9. The summed E-state index contributed by atoms with van der Waals surface area (Å²) in [5, 5.41) is 0. The van der Waals surface area contributed by atoms with E-state index in [0.29, 0.717) is 26.2 Å². The van der Waals surface area contributed by atoms with E-state index in [1.807, 2.05) is 7.05 Å². The number of aromatic nitrogens is 1. The predicted octanol–water partition coefficient (Wildman–Crippen LogP) is 0.273. The fourth-order valence-corrected chi connectivity index (χ4v) is 4.81. The van der Waals surface area contributed by atoms with E-state index in [4.69, 9.17) is 0 Å². The monoisotopic (exact) mass is 451 g/mol. The number of rotatable bonds is 5. The van der Waals surface area contributed by atoms with Crippen molar-refractivity contribution >= 4 is 16.1 Å². The van der Waals surface area contributed by atoms with Gasteiger partial charge in [0.05, 0.1) is 5.56 Å². The van der Waals surface area contributed by atoms with Gasteiger partial charge >= 0.3 is 6.18 Å². The first-order valence-electron chi connectivity index (χ1n) is 9.45. The molecule has 1 amide bonds. The Labute approximate surface area is 173 Å². The lowest BCUT2D eigenvalue weighted by Gasteiger charge is -2.39. The van der Waals surface area contributed by atoms with Gasteiger partial charge in [-0.05, 0) is 13.1 Å². The zero-order valence-electron chi connectivity index (χ0n) is 16.5. The molecule has 3 rings (SSSR count). The number of alkyl halides is 3. The molecule has 168 valence electrons. The second-order valence-electron chi connectivity index (χ2n) is 7.19. The average Bonchev–Trinajstić information content (AvgIpc) is 2.72. The molecule has 1 aromatic rings. The number of hydrogen-bond acceptors (Lipinski definition) is 6. The number of ether oxygens (including phenoxy) is 1. The third-order valence-corrected chi connectivity index (χ3v) is 7.04. The van der Waals surface area contributed by atoms with Gasteiger partial charge in [-0.25, -0.2) is 4.98 Å². The van der Waals surface area contributed by atoms with Gasteiger partial charge in [-0.15, -0.1) is 0 Å². The molecule has 0 bridgehead atoms. The van der Waals surface area contributed by atoms with Crippen LogP contribution in [0.4, 0.5) is 13.2 Å². The molecular weight excluding hydrogens is 427 g/mol. The summed E-state index contributed by atoms with van der Waals surface area (Å²) in [7, 11) is -1.62. The fourth-order valence-electron chi connectivity index (χ4n) is 3.23. The van der Waals surface area contributed by atoms with E-state index in [9.17, 15) is 26.4 Å². The number of piperazine rings is 2. The second-order valence-corrected chi connectivity index (χ2v) is 9.12. The highest BCUT2D eigenvalue weighted by molar-refractivity contribution is 7.86. The summed E-state index contributed by atoms with van der Waals surface area (Å²) in [6, 6.07) is 2.54. The first-order chi connectivity index (χ1) is 14.1. The van der Waals surface area contributed by atoms with Crippen molar-refractivity contribution in [2.45, 2.75) is 6.18 Å². The summed E-state index contributed by atoms with van der Waals surface area (Å²) >= 11 is 0. The van der Waals surface area contributed by atoms with Gasteiger partial charge in [0.1, 0.15) is 0 Å². The fraction of sp³-hybridized carbons (Fsp3) is 0.647. The second kappa shape index (κ2) is 9.04. The lowest BCUT2D eigenvalue weighted by Crippen LogP contribution is -2.57. The Morgan fingerprint density at radius 2 is 1.60 bits per heavy atom. The zero-order valence-corrected chi connectivity index (χ0v) is 17.3. The zero-order chi connectivity index (χ0) is 21.9. The molecule has 13 heteroatoms. The molecule has 9 nitrogen and oxygen atoms in total. The number of carbonyl (C=O) groups excluding carboxylic acids is 1. The summed E-state index contributed by atoms with van der Waals surface area (Å²) < 4.78 is 69.5. The van der Waals surface area contributed by atoms with Crippen LogP contribution in [0, 0.1) is 0 Å². The van der Waals surface area contributed by atoms with Crippen LogP contribution in [0.1, 0.15) is 10.4 Å². The Bertz CT molecular complexity index is 834. The van der Waals surface area contributed by atoms with Crippen molar-refractivity contribution in [3.8, 4) is 5.88 Å². The minimum atomic E-state index is -4.47. The maximum Gasteiger partial charge on any atom is 0.422 e. The van der Waals surface area contributed by atoms with E-state index in [1.54, 1.807) is 0 Å². The summed E-state index contributed by atoms with van der Waals surface area (Å²) in [6.07, 6.45) is -3.32. The molecule has 0 saturated carbocycles. The number of likely N-dealkylation sites (N-methyl/N-ethyl adjacent to an activating group) is 1. The smallest absolute Gasteiger partial charge is 0.422 e. The van der Waals surface area contributed by atoms with E-state index in [1.165, 1.54) is 25.6 Å². The Balaban J connectivity index is 1.54. The van der Waals surface area contributed by atoms with Gasteiger partial charge in [-0.1, -0.05) is 0 Å². The van der Waals surface area contributed by atoms with Crippen molar-refractivity contribution in [3.05, 3.63) is 23.9 Å². The summed E-state index contributed by atoms with van der Waals surface area (Å²) in [5.74, 6) is -0.589. The largest absolute Gasteiger partial charge is 0.468 e. The van der Waals surface area contributed by atoms with E-state index >= 15 is 0 Å². The topological polar surface area (TPSA) is 86.3 Å². The molecule has 2 saturated heterocycles. The number of halogens is 3. The number of hydrogen-bond donors (Lipinski definition) is 0. The third-order valence-electron chi connectivity index (χ3n) is 5.01. The Morgan fingerprint density at radius 3 is 2.10 bits per heavy atom. The number of carbonyl (C=O) groups is 1. The minimum Gasteiger partial charge on any atom is -0.468 e. The highest BCUT2D eigenvalue weighted by atomic mass is 32.2. The van der Waals surface area contributed by atoms with Gasteiger partial charge in [0.15, 0.2) is 6.61 Å². The Morgan fingerprint density at radius 1 is 1.03 bits per heavy atom. The maximum absolute atomic E-state index is 12.8. The van der Waals surface area contributed by atoms with Gasteiger partial charge < -0.3 is 14.5 Å². The van der Waals surface area contributed by atoms with Crippen molar-refractivity contribution < 1.29 is 31.1 Å². The van der Waals surface area contributed by atoms with Crippen molar-refractivity contribution in [2.24, 2.45) is 0 Å². The van der Waals surface area contributed by atoms with Crippen molar-refractivity contribution in [2.75, 3.05) is 66.0 Å². The number of amides is 1. The van der Waals surface area contributed by atoms with Gasteiger partial charge in [0.2, 0.25) is 5.88 Å². The predicted molar refractivity (Wildman–Crippen MR) is 101 cm³/mol. The molecule has 30 heavy (non-hydrogen) atoms. The van der Waals surface area contributed by atoms with Crippen LogP contribution in [-0.2, 0) is 10.2 Å². The van der Waals surface area contributed by atoms with Crippen LogP contribution >= 0.6 is 0 Å². The lowest BCUT2D eigenvalue weighted by atomic mass is 10.2. The third kappa shape index (κ3) is 5.59. The van der Waals surface area contributed by atoms with Crippen LogP contribution in [0.5, 0.6) is 5.88 Å². The Kier molecular flexibility index (Phi) is 6.84. The highest BCUT2D eigenvalue weighted by Crippen LogP contribution is 2.19. The lowest BCUT2D eigenvalue weighted by molar-refractivity contribution is -0.154. The van der Waals surface area contributed by atoms with Crippen molar-refractivity contribution in [3.63, 3.8) is 0 Å². The standard InChI is InChI=1S/C17H24F3N5O4S/c1-22-4-8-24(9-5-22)30(27,28)25-10-6-23(7-11-25)16(26)14-2-3-15(21-12-14)29-13-17(18,19)20/h2-3,12H,4-11,13H2,1H3. The van der Waals surface area contributed by atoms with Gasteiger partial charge in [0, 0.05) is 64.6 Å². The molecule has 2 aliphatic heterocycles.